The van der Waals surface area contributed by atoms with Gasteiger partial charge in [-0.3, -0.25) is 4.79 Å². The Balaban J connectivity index is 1.47. The lowest BCUT2D eigenvalue weighted by Gasteiger charge is -2.11. The van der Waals surface area contributed by atoms with E-state index in [-0.39, 0.29) is 5.91 Å². The highest BCUT2D eigenvalue weighted by molar-refractivity contribution is 6.30. The van der Waals surface area contributed by atoms with Crippen LogP contribution in [0.5, 0.6) is 11.5 Å². The number of ether oxygens (including phenoxy) is 2. The van der Waals surface area contributed by atoms with Gasteiger partial charge in [-0.25, -0.2) is 4.98 Å². The number of carbonyl (C=O) groups excluding carboxylic acids is 1. The summed E-state index contributed by atoms with van der Waals surface area (Å²) in [6.07, 6.45) is 2.87. The number of nitrogens with one attached hydrogen (secondary N) is 1. The number of hydrogen-bond acceptors (Lipinski definition) is 4. The number of nitrogens with zero attached hydrogens (tertiary/aromatic N) is 2. The summed E-state index contributed by atoms with van der Waals surface area (Å²) in [5.74, 6) is 1.26. The number of pyridine rings is 1. The van der Waals surface area contributed by atoms with Crippen molar-refractivity contribution in [3.05, 3.63) is 83.1 Å². The van der Waals surface area contributed by atoms with Crippen LogP contribution in [0.4, 0.5) is 0 Å². The van der Waals surface area contributed by atoms with Crippen LogP contribution in [-0.4, -0.2) is 29.5 Å². The molecule has 2 aromatic carbocycles. The number of halogens is 1. The molecule has 0 radical (unpaired) electrons. The topological polar surface area (TPSA) is 64.9 Å². The van der Waals surface area contributed by atoms with Crippen molar-refractivity contribution in [2.45, 2.75) is 19.4 Å². The summed E-state index contributed by atoms with van der Waals surface area (Å²) < 4.78 is 12.6. The minimum atomic E-state index is -0.0345. The third-order valence-corrected chi connectivity index (χ3v) is 5.52. The Hall–Kier alpha value is -3.51. The third kappa shape index (κ3) is 4.70. The number of rotatable bonds is 8. The van der Waals surface area contributed by atoms with E-state index in [0.29, 0.717) is 35.9 Å². The van der Waals surface area contributed by atoms with E-state index < -0.39 is 0 Å². The number of methoxy groups -OCH3 is 2. The molecule has 0 unspecified atom stereocenters. The Labute approximate surface area is 191 Å². The van der Waals surface area contributed by atoms with Gasteiger partial charge < -0.3 is 19.2 Å². The molecule has 0 bridgehead atoms. The van der Waals surface area contributed by atoms with Crippen LogP contribution in [0, 0.1) is 0 Å². The second kappa shape index (κ2) is 9.75. The van der Waals surface area contributed by atoms with Crippen LogP contribution in [-0.2, 0) is 17.8 Å². The molecule has 0 spiro atoms. The lowest BCUT2D eigenvalue weighted by atomic mass is 10.1. The van der Waals surface area contributed by atoms with Gasteiger partial charge in [0.05, 0.1) is 25.6 Å². The molecule has 2 heterocycles. The first kappa shape index (κ1) is 21.7. The Morgan fingerprint density at radius 1 is 1.03 bits per heavy atom. The van der Waals surface area contributed by atoms with Crippen LogP contribution in [0.25, 0.3) is 16.9 Å². The average Bonchev–Trinajstić information content (AvgIpc) is 3.20. The number of aromatic nitrogens is 2. The predicted octanol–water partition coefficient (Wildman–Crippen LogP) is 4.92. The van der Waals surface area contributed by atoms with Crippen molar-refractivity contribution < 1.29 is 14.3 Å². The third-order valence-electron chi connectivity index (χ3n) is 5.27. The molecule has 32 heavy (non-hydrogen) atoms. The molecule has 0 aliphatic carbocycles. The minimum absolute atomic E-state index is 0.0345. The van der Waals surface area contributed by atoms with Gasteiger partial charge in [0.25, 0.3) is 0 Å². The minimum Gasteiger partial charge on any atom is -0.493 e. The maximum Gasteiger partial charge on any atom is 0.220 e. The molecule has 7 heteroatoms. The number of hydrogen-bond donors (Lipinski definition) is 1. The summed E-state index contributed by atoms with van der Waals surface area (Å²) in [4.78, 5) is 17.4. The first-order chi connectivity index (χ1) is 15.6. The summed E-state index contributed by atoms with van der Waals surface area (Å²) in [6, 6.07) is 19.1. The van der Waals surface area contributed by atoms with Crippen LogP contribution in [0.1, 0.15) is 17.7 Å². The van der Waals surface area contributed by atoms with Crippen molar-refractivity contribution >= 4 is 23.2 Å². The number of benzene rings is 2. The molecule has 164 valence electrons. The van der Waals surface area contributed by atoms with Crippen molar-refractivity contribution in [1.82, 2.24) is 14.7 Å². The van der Waals surface area contributed by atoms with Gasteiger partial charge in [0, 0.05) is 29.7 Å². The van der Waals surface area contributed by atoms with Crippen molar-refractivity contribution in [3.8, 4) is 22.8 Å². The molecular weight excluding hydrogens is 426 g/mol. The van der Waals surface area contributed by atoms with Gasteiger partial charge in [0.2, 0.25) is 5.91 Å². The van der Waals surface area contributed by atoms with Crippen LogP contribution >= 0.6 is 11.6 Å². The normalized spacial score (nSPS) is 10.8. The molecule has 0 aliphatic rings. The zero-order chi connectivity index (χ0) is 22.5. The molecule has 1 N–H and O–H groups in total. The average molecular weight is 450 g/mol. The van der Waals surface area contributed by atoms with Gasteiger partial charge in [-0.15, -0.1) is 0 Å². The van der Waals surface area contributed by atoms with Crippen LogP contribution in [0.2, 0.25) is 5.02 Å². The molecule has 0 atom stereocenters. The van der Waals surface area contributed by atoms with E-state index in [1.165, 1.54) is 0 Å². The van der Waals surface area contributed by atoms with E-state index in [0.717, 1.165) is 28.2 Å². The van der Waals surface area contributed by atoms with Gasteiger partial charge in [-0.05, 0) is 48.4 Å². The van der Waals surface area contributed by atoms with Gasteiger partial charge in [-0.1, -0.05) is 35.9 Å². The molecule has 4 rings (SSSR count). The van der Waals surface area contributed by atoms with E-state index in [2.05, 4.69) is 5.32 Å². The summed E-state index contributed by atoms with van der Waals surface area (Å²) in [6.45, 7) is 0.413. The van der Waals surface area contributed by atoms with E-state index >= 15 is 0 Å². The standard InChI is InChI=1S/C25H24ClN3O3/c1-31-21-12-6-17(15-22(21)32-2)16-27-24(30)13-11-20-25(18-7-9-19(26)10-8-18)28-23-5-3-4-14-29(20)23/h3-10,12,14-15H,11,13,16H2,1-2H3,(H,27,30). The van der Waals surface area contributed by atoms with Crippen LogP contribution in [0.15, 0.2) is 66.9 Å². The van der Waals surface area contributed by atoms with Crippen LogP contribution < -0.4 is 14.8 Å². The zero-order valence-electron chi connectivity index (χ0n) is 18.0. The molecule has 1 amide bonds. The molecule has 0 aliphatic heterocycles. The Bertz CT molecular complexity index is 1240. The predicted molar refractivity (Wildman–Crippen MR) is 125 cm³/mol. The highest BCUT2D eigenvalue weighted by Crippen LogP contribution is 2.28. The molecule has 0 saturated heterocycles. The fourth-order valence-corrected chi connectivity index (χ4v) is 3.76. The molecule has 6 nitrogen and oxygen atoms in total. The van der Waals surface area contributed by atoms with Gasteiger partial charge in [0.15, 0.2) is 11.5 Å². The lowest BCUT2D eigenvalue weighted by molar-refractivity contribution is -0.121. The lowest BCUT2D eigenvalue weighted by Crippen LogP contribution is -2.23. The number of aryl methyl sites for hydroxylation is 1. The largest absolute Gasteiger partial charge is 0.493 e. The molecular formula is C25H24ClN3O3. The summed E-state index contributed by atoms with van der Waals surface area (Å²) in [5.41, 5.74) is 4.61. The van der Waals surface area contributed by atoms with E-state index in [1.807, 2.05) is 71.3 Å². The summed E-state index contributed by atoms with van der Waals surface area (Å²) >= 11 is 6.05. The van der Waals surface area contributed by atoms with Crippen molar-refractivity contribution in [2.75, 3.05) is 14.2 Å². The van der Waals surface area contributed by atoms with E-state index in [9.17, 15) is 4.79 Å². The second-order valence-corrected chi connectivity index (χ2v) is 7.75. The summed E-state index contributed by atoms with van der Waals surface area (Å²) in [5, 5.41) is 3.66. The quantitative estimate of drug-likeness (QED) is 0.414. The highest BCUT2D eigenvalue weighted by atomic mass is 35.5. The van der Waals surface area contributed by atoms with Gasteiger partial charge in [-0.2, -0.15) is 0 Å². The van der Waals surface area contributed by atoms with Crippen LogP contribution in [0.3, 0.4) is 0 Å². The Morgan fingerprint density at radius 3 is 2.56 bits per heavy atom. The first-order valence-corrected chi connectivity index (χ1v) is 10.7. The number of carbonyl (C=O) groups is 1. The number of imidazole rings is 1. The molecule has 4 aromatic rings. The Morgan fingerprint density at radius 2 is 1.81 bits per heavy atom. The molecule has 0 fully saturated rings. The van der Waals surface area contributed by atoms with E-state index in [4.69, 9.17) is 26.1 Å². The molecule has 2 aromatic heterocycles. The smallest absolute Gasteiger partial charge is 0.220 e. The van der Waals surface area contributed by atoms with Crippen molar-refractivity contribution in [1.29, 1.82) is 0 Å². The van der Waals surface area contributed by atoms with Gasteiger partial charge >= 0.3 is 0 Å². The molecule has 0 saturated carbocycles. The number of fused-ring (bicyclic) bond motifs is 1. The van der Waals surface area contributed by atoms with Gasteiger partial charge in [0.1, 0.15) is 5.65 Å². The SMILES string of the molecule is COc1ccc(CNC(=O)CCc2c(-c3ccc(Cl)cc3)nc3ccccn23)cc1OC. The monoisotopic (exact) mass is 449 g/mol. The Kier molecular flexibility index (Phi) is 6.61. The first-order valence-electron chi connectivity index (χ1n) is 10.3. The van der Waals surface area contributed by atoms with Crippen molar-refractivity contribution in [2.24, 2.45) is 0 Å². The zero-order valence-corrected chi connectivity index (χ0v) is 18.7. The maximum atomic E-state index is 12.6. The fourth-order valence-electron chi connectivity index (χ4n) is 3.64. The maximum absolute atomic E-state index is 12.6. The second-order valence-electron chi connectivity index (χ2n) is 7.31. The summed E-state index contributed by atoms with van der Waals surface area (Å²) in [7, 11) is 3.19. The van der Waals surface area contributed by atoms with E-state index in [1.54, 1.807) is 14.2 Å². The van der Waals surface area contributed by atoms with Crippen molar-refractivity contribution in [3.63, 3.8) is 0 Å². The number of amides is 1. The fraction of sp³-hybridized carbons (Fsp3) is 0.200. The highest BCUT2D eigenvalue weighted by Gasteiger charge is 2.15.